The molecule has 2 amide bonds. The van der Waals surface area contributed by atoms with Crippen LogP contribution in [0, 0.1) is 0 Å². The maximum absolute atomic E-state index is 12.7. The Labute approximate surface area is 118 Å². The minimum absolute atomic E-state index is 0.0780. The molecule has 2 rings (SSSR count). The van der Waals surface area contributed by atoms with Crippen molar-refractivity contribution in [2.75, 3.05) is 0 Å². The molecule has 2 heterocycles. The summed E-state index contributed by atoms with van der Waals surface area (Å²) in [7, 11) is 0. The second-order valence-electron chi connectivity index (χ2n) is 5.39. The van der Waals surface area contributed by atoms with Crippen LogP contribution < -0.4 is 5.32 Å². The number of amides is 2. The van der Waals surface area contributed by atoms with Gasteiger partial charge in [0.2, 0.25) is 11.8 Å². The zero-order chi connectivity index (χ0) is 14.8. The van der Waals surface area contributed by atoms with Gasteiger partial charge < -0.3 is 10.2 Å². The first-order valence-electron chi connectivity index (χ1n) is 6.84. The van der Waals surface area contributed by atoms with Gasteiger partial charge in [0.25, 0.3) is 0 Å². The Hall–Kier alpha value is -1.98. The van der Waals surface area contributed by atoms with E-state index in [4.69, 9.17) is 0 Å². The molecule has 0 saturated carbocycles. The maximum atomic E-state index is 12.7. The molecule has 1 aromatic rings. The van der Waals surface area contributed by atoms with Crippen LogP contribution in [0.5, 0.6) is 0 Å². The van der Waals surface area contributed by atoms with E-state index in [9.17, 15) is 9.59 Å². The molecule has 1 saturated heterocycles. The minimum Gasteiger partial charge on any atom is -0.342 e. The molecule has 1 fully saturated rings. The summed E-state index contributed by atoms with van der Waals surface area (Å²) in [6.45, 7) is 5.86. The lowest BCUT2D eigenvalue weighted by Crippen LogP contribution is -2.55. The minimum atomic E-state index is -0.851. The summed E-state index contributed by atoms with van der Waals surface area (Å²) in [5.74, 6) is 0.415. The summed E-state index contributed by atoms with van der Waals surface area (Å²) in [6, 6.07) is 1.57. The monoisotopic (exact) mass is 276 g/mol. The lowest BCUT2D eigenvalue weighted by Gasteiger charge is -2.33. The number of rotatable bonds is 3. The van der Waals surface area contributed by atoms with Crippen LogP contribution in [0.3, 0.4) is 0 Å². The van der Waals surface area contributed by atoms with E-state index in [1.807, 2.05) is 13.8 Å². The quantitative estimate of drug-likeness (QED) is 0.889. The molecule has 0 radical (unpaired) electrons. The molecule has 1 N–H and O–H groups in total. The average Bonchev–Trinajstić information content (AvgIpc) is 2.51. The number of hydrogen-bond acceptors (Lipinski definition) is 4. The molecule has 0 spiro atoms. The van der Waals surface area contributed by atoms with E-state index in [1.54, 1.807) is 30.3 Å². The van der Waals surface area contributed by atoms with Crippen LogP contribution >= 0.6 is 0 Å². The number of hydrogen-bond donors (Lipinski definition) is 1. The fraction of sp³-hybridized carbons (Fsp3) is 0.571. The van der Waals surface area contributed by atoms with Crippen molar-refractivity contribution in [3.8, 4) is 0 Å². The van der Waals surface area contributed by atoms with Gasteiger partial charge in [0, 0.05) is 24.9 Å². The van der Waals surface area contributed by atoms with Gasteiger partial charge in [0.05, 0.1) is 6.54 Å². The molecule has 0 aliphatic carbocycles. The molecule has 6 nitrogen and oxygen atoms in total. The van der Waals surface area contributed by atoms with E-state index in [1.165, 1.54) is 0 Å². The normalized spacial score (nSPS) is 27.1. The summed E-state index contributed by atoms with van der Waals surface area (Å²) in [6.07, 6.45) is 4.15. The molecule has 2 atom stereocenters. The van der Waals surface area contributed by atoms with Gasteiger partial charge in [0.1, 0.15) is 11.4 Å². The highest BCUT2D eigenvalue weighted by atomic mass is 16.2. The summed E-state index contributed by atoms with van der Waals surface area (Å²) in [4.78, 5) is 34.6. The molecule has 6 heteroatoms. The first-order valence-corrected chi connectivity index (χ1v) is 6.84. The summed E-state index contributed by atoms with van der Waals surface area (Å²) in [5, 5.41) is 2.83. The van der Waals surface area contributed by atoms with E-state index in [0.717, 1.165) is 0 Å². The van der Waals surface area contributed by atoms with Crippen molar-refractivity contribution in [2.45, 2.75) is 51.7 Å². The summed E-state index contributed by atoms with van der Waals surface area (Å²) >= 11 is 0. The van der Waals surface area contributed by atoms with Crippen molar-refractivity contribution in [3.63, 3.8) is 0 Å². The van der Waals surface area contributed by atoms with Gasteiger partial charge in [-0.3, -0.25) is 9.59 Å². The number of aromatic nitrogens is 2. The third kappa shape index (κ3) is 2.79. The van der Waals surface area contributed by atoms with E-state index in [0.29, 0.717) is 25.2 Å². The molecule has 1 aromatic heterocycles. The third-order valence-corrected chi connectivity index (χ3v) is 3.80. The largest absolute Gasteiger partial charge is 0.342 e. The van der Waals surface area contributed by atoms with Crippen molar-refractivity contribution < 1.29 is 9.59 Å². The van der Waals surface area contributed by atoms with Crippen molar-refractivity contribution in [1.29, 1.82) is 0 Å². The van der Waals surface area contributed by atoms with Crippen LogP contribution in [0.4, 0.5) is 0 Å². The van der Waals surface area contributed by atoms with E-state index >= 15 is 0 Å². The van der Waals surface area contributed by atoms with Crippen LogP contribution in [0.1, 0.15) is 39.4 Å². The van der Waals surface area contributed by atoms with Gasteiger partial charge in [-0.15, -0.1) is 0 Å². The smallest absolute Gasteiger partial charge is 0.248 e. The zero-order valence-corrected chi connectivity index (χ0v) is 12.1. The van der Waals surface area contributed by atoms with Gasteiger partial charge in [0.15, 0.2) is 0 Å². The highest BCUT2D eigenvalue weighted by Crippen LogP contribution is 2.22. The van der Waals surface area contributed by atoms with E-state index < -0.39 is 5.54 Å². The van der Waals surface area contributed by atoms with Crippen LogP contribution in [-0.2, 0) is 16.1 Å². The number of carbonyl (C=O) groups excluding carboxylic acids is 2. The number of nitrogens with one attached hydrogen (secondary N) is 1. The number of carbonyl (C=O) groups is 2. The highest BCUT2D eigenvalue weighted by Gasteiger charge is 2.41. The Morgan fingerprint density at radius 2 is 2.05 bits per heavy atom. The van der Waals surface area contributed by atoms with Gasteiger partial charge in [-0.05, 0) is 26.3 Å². The van der Waals surface area contributed by atoms with Crippen molar-refractivity contribution >= 4 is 11.8 Å². The van der Waals surface area contributed by atoms with Gasteiger partial charge >= 0.3 is 0 Å². The topological polar surface area (TPSA) is 75.2 Å². The van der Waals surface area contributed by atoms with Crippen molar-refractivity contribution in [2.24, 2.45) is 0 Å². The first kappa shape index (κ1) is 14.4. The molecule has 1 aliphatic heterocycles. The SMILES string of the molecule is CCC1(C)NC(=O)CC(C)N(Cc2ncccn2)C1=O. The maximum Gasteiger partial charge on any atom is 0.248 e. The summed E-state index contributed by atoms with van der Waals surface area (Å²) in [5.41, 5.74) is -0.851. The summed E-state index contributed by atoms with van der Waals surface area (Å²) < 4.78 is 0. The van der Waals surface area contributed by atoms with Gasteiger partial charge in [-0.25, -0.2) is 9.97 Å². The molecule has 108 valence electrons. The van der Waals surface area contributed by atoms with Gasteiger partial charge in [-0.2, -0.15) is 0 Å². The Bertz CT molecular complexity index is 505. The predicted molar refractivity (Wildman–Crippen MR) is 73.5 cm³/mol. The lowest BCUT2D eigenvalue weighted by molar-refractivity contribution is -0.140. The zero-order valence-electron chi connectivity index (χ0n) is 12.1. The van der Waals surface area contributed by atoms with Gasteiger partial charge in [-0.1, -0.05) is 6.92 Å². The lowest BCUT2D eigenvalue weighted by atomic mass is 9.97. The molecular weight excluding hydrogens is 256 g/mol. The molecule has 2 unspecified atom stereocenters. The standard InChI is InChI=1S/C14H20N4O2/c1-4-14(3)13(20)18(10(2)8-12(19)17-14)9-11-15-6-5-7-16-11/h5-7,10H,4,8-9H2,1-3H3,(H,17,19). The average molecular weight is 276 g/mol. The Morgan fingerprint density at radius 1 is 1.40 bits per heavy atom. The first-order chi connectivity index (χ1) is 9.46. The Balaban J connectivity index is 2.28. The van der Waals surface area contributed by atoms with Crippen LogP contribution in [0.25, 0.3) is 0 Å². The highest BCUT2D eigenvalue weighted by molar-refractivity contribution is 5.93. The molecule has 0 bridgehead atoms. The van der Waals surface area contributed by atoms with Crippen LogP contribution in [-0.4, -0.2) is 38.3 Å². The molecular formula is C14H20N4O2. The fourth-order valence-electron chi connectivity index (χ4n) is 2.34. The number of nitrogens with zero attached hydrogens (tertiary/aromatic N) is 3. The molecule has 20 heavy (non-hydrogen) atoms. The predicted octanol–water partition coefficient (Wildman–Crippen LogP) is 0.882. The van der Waals surface area contributed by atoms with E-state index in [-0.39, 0.29) is 17.9 Å². The second kappa shape index (κ2) is 5.56. The van der Waals surface area contributed by atoms with Crippen molar-refractivity contribution in [1.82, 2.24) is 20.2 Å². The third-order valence-electron chi connectivity index (χ3n) is 3.80. The van der Waals surface area contributed by atoms with E-state index in [2.05, 4.69) is 15.3 Å². The van der Waals surface area contributed by atoms with Crippen molar-refractivity contribution in [3.05, 3.63) is 24.3 Å². The molecule has 1 aliphatic rings. The second-order valence-corrected chi connectivity index (χ2v) is 5.39. The Morgan fingerprint density at radius 3 is 2.65 bits per heavy atom. The fourth-order valence-corrected chi connectivity index (χ4v) is 2.34. The van der Waals surface area contributed by atoms with Crippen LogP contribution in [0.2, 0.25) is 0 Å². The molecule has 0 aromatic carbocycles. The Kier molecular flexibility index (Phi) is 4.01. The van der Waals surface area contributed by atoms with Crippen LogP contribution in [0.15, 0.2) is 18.5 Å².